The zero-order chi connectivity index (χ0) is 19.6. The molecule has 1 atom stereocenters. The second-order valence-corrected chi connectivity index (χ2v) is 8.29. The summed E-state index contributed by atoms with van der Waals surface area (Å²) in [6.07, 6.45) is 6.67. The van der Waals surface area contributed by atoms with Crippen LogP contribution < -0.4 is 16.2 Å². The second-order valence-electron chi connectivity index (χ2n) is 7.38. The number of nitrogens with one attached hydrogen (secondary N) is 3. The summed E-state index contributed by atoms with van der Waals surface area (Å²) in [5, 5.41) is 2.81. The van der Waals surface area contributed by atoms with Crippen LogP contribution in [-0.2, 0) is 14.4 Å². The fourth-order valence-corrected chi connectivity index (χ4v) is 3.78. The highest BCUT2D eigenvalue weighted by atomic mass is 79.9. The first-order valence-electron chi connectivity index (χ1n) is 9.55. The maximum atomic E-state index is 12.1. The number of rotatable bonds is 7. The largest absolute Gasteiger partial charge is 0.326 e. The van der Waals surface area contributed by atoms with E-state index in [1.165, 1.54) is 19.3 Å². The van der Waals surface area contributed by atoms with Crippen molar-refractivity contribution in [2.45, 2.75) is 58.3 Å². The average Bonchev–Trinajstić information content (AvgIpc) is 2.60. The summed E-state index contributed by atoms with van der Waals surface area (Å²) in [5.41, 5.74) is 5.66. The zero-order valence-electron chi connectivity index (χ0n) is 15.7. The maximum Gasteiger partial charge on any atom is 0.238 e. The number of halogens is 1. The first-order chi connectivity index (χ1) is 12.9. The van der Waals surface area contributed by atoms with E-state index >= 15 is 0 Å². The Labute approximate surface area is 169 Å². The van der Waals surface area contributed by atoms with Gasteiger partial charge in [0.1, 0.15) is 0 Å². The fourth-order valence-electron chi connectivity index (χ4n) is 3.38. The molecule has 0 bridgehead atoms. The fraction of sp³-hybridized carbons (Fsp3) is 0.550. The minimum atomic E-state index is -0.283. The molecule has 0 unspecified atom stereocenters. The van der Waals surface area contributed by atoms with E-state index in [-0.39, 0.29) is 36.5 Å². The molecular formula is C20H28BrN3O3. The van der Waals surface area contributed by atoms with E-state index in [1.807, 2.05) is 31.2 Å². The molecule has 27 heavy (non-hydrogen) atoms. The summed E-state index contributed by atoms with van der Waals surface area (Å²) in [6.45, 7) is 1.84. The highest BCUT2D eigenvalue weighted by molar-refractivity contribution is 9.10. The minimum Gasteiger partial charge on any atom is -0.326 e. The smallest absolute Gasteiger partial charge is 0.238 e. The number of hydrogen-bond donors (Lipinski definition) is 3. The number of hydrogen-bond acceptors (Lipinski definition) is 3. The third-order valence-electron chi connectivity index (χ3n) is 4.72. The zero-order valence-corrected chi connectivity index (χ0v) is 17.3. The van der Waals surface area contributed by atoms with Crippen molar-refractivity contribution in [1.29, 1.82) is 0 Å². The van der Waals surface area contributed by atoms with Gasteiger partial charge in [-0.25, -0.2) is 0 Å². The maximum absolute atomic E-state index is 12.1. The standard InChI is InChI=1S/C20H28BrN3O3/c1-14(10-18(25)22-17-9-5-8-16(21)13-17)11-19(26)23-24-20(27)12-15-6-3-2-4-7-15/h5,8-9,13-15H,2-4,6-7,10-12H2,1H3,(H,22,25)(H,23,26)(H,24,27)/t14-/m0/s1. The molecule has 1 aromatic carbocycles. The van der Waals surface area contributed by atoms with Crippen LogP contribution in [0, 0.1) is 11.8 Å². The Morgan fingerprint density at radius 3 is 2.41 bits per heavy atom. The molecule has 2 rings (SSSR count). The first kappa shape index (κ1) is 21.4. The van der Waals surface area contributed by atoms with Crippen LogP contribution in [0.25, 0.3) is 0 Å². The van der Waals surface area contributed by atoms with Gasteiger partial charge in [-0.15, -0.1) is 0 Å². The van der Waals surface area contributed by atoms with Gasteiger partial charge in [0.25, 0.3) is 0 Å². The van der Waals surface area contributed by atoms with Crippen LogP contribution >= 0.6 is 15.9 Å². The van der Waals surface area contributed by atoms with E-state index in [0.717, 1.165) is 17.3 Å². The van der Waals surface area contributed by atoms with Crippen LogP contribution in [0.2, 0.25) is 0 Å². The molecule has 6 nitrogen and oxygen atoms in total. The summed E-state index contributed by atoms with van der Waals surface area (Å²) in [5.74, 6) is -0.275. The quantitative estimate of drug-likeness (QED) is 0.564. The predicted octanol–water partition coefficient (Wildman–Crippen LogP) is 3.92. The van der Waals surface area contributed by atoms with Crippen molar-refractivity contribution in [1.82, 2.24) is 10.9 Å². The molecule has 3 amide bonds. The lowest BCUT2D eigenvalue weighted by atomic mass is 9.87. The topological polar surface area (TPSA) is 87.3 Å². The summed E-state index contributed by atoms with van der Waals surface area (Å²) in [7, 11) is 0. The normalized spacial score (nSPS) is 15.6. The van der Waals surface area contributed by atoms with Gasteiger partial charge in [-0.2, -0.15) is 0 Å². The van der Waals surface area contributed by atoms with Crippen molar-refractivity contribution in [2.75, 3.05) is 5.32 Å². The van der Waals surface area contributed by atoms with E-state index in [2.05, 4.69) is 32.1 Å². The van der Waals surface area contributed by atoms with Gasteiger partial charge in [0.05, 0.1) is 0 Å². The van der Waals surface area contributed by atoms with E-state index in [0.29, 0.717) is 18.0 Å². The molecule has 1 fully saturated rings. The molecule has 0 radical (unpaired) electrons. The average molecular weight is 438 g/mol. The molecule has 7 heteroatoms. The van der Waals surface area contributed by atoms with Crippen LogP contribution in [0.4, 0.5) is 5.69 Å². The number of amides is 3. The van der Waals surface area contributed by atoms with Gasteiger partial charge in [0, 0.05) is 29.4 Å². The lowest BCUT2D eigenvalue weighted by Gasteiger charge is -2.21. The van der Waals surface area contributed by atoms with Gasteiger partial charge in [-0.05, 0) is 42.9 Å². The highest BCUT2D eigenvalue weighted by Gasteiger charge is 2.18. The molecular weight excluding hydrogens is 410 g/mol. The number of benzene rings is 1. The molecule has 1 saturated carbocycles. The molecule has 0 spiro atoms. The summed E-state index contributed by atoms with van der Waals surface area (Å²) < 4.78 is 0.886. The van der Waals surface area contributed by atoms with E-state index < -0.39 is 0 Å². The van der Waals surface area contributed by atoms with Crippen LogP contribution in [-0.4, -0.2) is 17.7 Å². The second kappa shape index (κ2) is 11.1. The predicted molar refractivity (Wildman–Crippen MR) is 109 cm³/mol. The van der Waals surface area contributed by atoms with Crippen molar-refractivity contribution < 1.29 is 14.4 Å². The molecule has 0 aliphatic heterocycles. The van der Waals surface area contributed by atoms with Crippen molar-refractivity contribution in [3.8, 4) is 0 Å². The number of anilines is 1. The van der Waals surface area contributed by atoms with E-state index in [9.17, 15) is 14.4 Å². The van der Waals surface area contributed by atoms with E-state index in [4.69, 9.17) is 0 Å². The molecule has 1 aliphatic carbocycles. The molecule has 148 valence electrons. The van der Waals surface area contributed by atoms with Gasteiger partial charge in [-0.1, -0.05) is 48.2 Å². The van der Waals surface area contributed by atoms with Crippen LogP contribution in [0.5, 0.6) is 0 Å². The van der Waals surface area contributed by atoms with Gasteiger partial charge < -0.3 is 5.32 Å². The minimum absolute atomic E-state index is 0.132. The Bertz CT molecular complexity index is 660. The van der Waals surface area contributed by atoms with Crippen LogP contribution in [0.3, 0.4) is 0 Å². The van der Waals surface area contributed by atoms with Gasteiger partial charge in [0.15, 0.2) is 0 Å². The molecule has 0 heterocycles. The third-order valence-corrected chi connectivity index (χ3v) is 5.21. The van der Waals surface area contributed by atoms with Gasteiger partial charge in [-0.3, -0.25) is 25.2 Å². The van der Waals surface area contributed by atoms with Crippen molar-refractivity contribution in [2.24, 2.45) is 11.8 Å². The molecule has 0 aromatic heterocycles. The molecule has 3 N–H and O–H groups in total. The summed E-state index contributed by atoms with van der Waals surface area (Å²) in [4.78, 5) is 36.0. The molecule has 1 aromatic rings. The Morgan fingerprint density at radius 1 is 1.04 bits per heavy atom. The van der Waals surface area contributed by atoms with Crippen LogP contribution in [0.1, 0.15) is 58.3 Å². The Hall–Kier alpha value is -1.89. The number of carbonyl (C=O) groups is 3. The third kappa shape index (κ3) is 8.56. The van der Waals surface area contributed by atoms with E-state index in [1.54, 1.807) is 0 Å². The Morgan fingerprint density at radius 2 is 1.70 bits per heavy atom. The Kier molecular flexibility index (Phi) is 8.78. The van der Waals surface area contributed by atoms with Crippen molar-refractivity contribution in [3.63, 3.8) is 0 Å². The SMILES string of the molecule is C[C@H](CC(=O)NNC(=O)CC1CCCCC1)CC(=O)Nc1cccc(Br)c1. The first-order valence-corrected chi connectivity index (χ1v) is 10.3. The van der Waals surface area contributed by atoms with Crippen molar-refractivity contribution >= 4 is 39.3 Å². The summed E-state index contributed by atoms with van der Waals surface area (Å²) in [6, 6.07) is 7.34. The monoisotopic (exact) mass is 437 g/mol. The van der Waals surface area contributed by atoms with Gasteiger partial charge >= 0.3 is 0 Å². The lowest BCUT2D eigenvalue weighted by molar-refractivity contribution is -0.130. The number of carbonyl (C=O) groups excluding carboxylic acids is 3. The van der Waals surface area contributed by atoms with Gasteiger partial charge in [0.2, 0.25) is 17.7 Å². The molecule has 0 saturated heterocycles. The molecule has 1 aliphatic rings. The van der Waals surface area contributed by atoms with Crippen molar-refractivity contribution in [3.05, 3.63) is 28.7 Å². The number of hydrazine groups is 1. The van der Waals surface area contributed by atoms with Crippen LogP contribution in [0.15, 0.2) is 28.7 Å². The summed E-state index contributed by atoms with van der Waals surface area (Å²) >= 11 is 3.36. The highest BCUT2D eigenvalue weighted by Crippen LogP contribution is 2.26. The lowest BCUT2D eigenvalue weighted by Crippen LogP contribution is -2.42. The Balaban J connectivity index is 1.64.